The molecule has 0 aliphatic rings. The van der Waals surface area contributed by atoms with Gasteiger partial charge in [-0.05, 0) is 49.1 Å². The number of benzene rings is 3. The number of para-hydroxylation sites is 2. The van der Waals surface area contributed by atoms with Crippen molar-refractivity contribution >= 4 is 23.4 Å². The molecule has 0 saturated heterocycles. The summed E-state index contributed by atoms with van der Waals surface area (Å²) in [6, 6.07) is 26.2. The number of hydrogen-bond donors (Lipinski definition) is 0. The van der Waals surface area contributed by atoms with Gasteiger partial charge in [-0.15, -0.1) is 10.2 Å². The Morgan fingerprint density at radius 1 is 0.903 bits per heavy atom. The first-order chi connectivity index (χ1) is 15.3. The molecule has 0 atom stereocenters. The largest absolute Gasteiger partial charge is 0.495 e. The average molecular weight is 450 g/mol. The third-order valence-corrected chi connectivity index (χ3v) is 6.23. The van der Waals surface area contributed by atoms with Gasteiger partial charge in [-0.2, -0.15) is 0 Å². The maximum Gasteiger partial charge on any atom is 0.196 e. The van der Waals surface area contributed by atoms with Crippen LogP contribution in [0, 0.1) is 0 Å². The van der Waals surface area contributed by atoms with Gasteiger partial charge in [0.1, 0.15) is 5.75 Å². The van der Waals surface area contributed by atoms with Crippen LogP contribution in [-0.4, -0.2) is 27.6 Å². The van der Waals surface area contributed by atoms with Gasteiger partial charge in [0.2, 0.25) is 0 Å². The third kappa shape index (κ3) is 5.30. The highest BCUT2D eigenvalue weighted by Crippen LogP contribution is 2.33. The first-order valence-electron chi connectivity index (χ1n) is 10.3. The van der Waals surface area contributed by atoms with Crippen molar-refractivity contribution in [2.75, 3.05) is 12.9 Å². The van der Waals surface area contributed by atoms with Crippen molar-refractivity contribution in [2.45, 2.75) is 24.4 Å². The maximum absolute atomic E-state index is 6.24. The van der Waals surface area contributed by atoms with Gasteiger partial charge in [0.05, 0.1) is 12.8 Å². The zero-order valence-corrected chi connectivity index (χ0v) is 18.9. The summed E-state index contributed by atoms with van der Waals surface area (Å²) >= 11 is 7.96. The summed E-state index contributed by atoms with van der Waals surface area (Å²) in [5.74, 6) is 2.49. The monoisotopic (exact) mass is 449 g/mol. The van der Waals surface area contributed by atoms with Crippen LogP contribution in [0.25, 0.3) is 17.1 Å². The van der Waals surface area contributed by atoms with E-state index in [-0.39, 0.29) is 0 Å². The molecule has 0 unspecified atom stereocenters. The summed E-state index contributed by atoms with van der Waals surface area (Å²) in [5.41, 5.74) is 3.21. The molecule has 0 saturated carbocycles. The number of thioether (sulfide) groups is 1. The molecule has 0 fully saturated rings. The predicted molar refractivity (Wildman–Crippen MR) is 128 cm³/mol. The van der Waals surface area contributed by atoms with Gasteiger partial charge >= 0.3 is 0 Å². The Morgan fingerprint density at radius 3 is 2.52 bits per heavy atom. The number of aryl methyl sites for hydroxylation is 1. The molecule has 0 amide bonds. The van der Waals surface area contributed by atoms with E-state index in [1.54, 1.807) is 18.9 Å². The van der Waals surface area contributed by atoms with Gasteiger partial charge in [-0.3, -0.25) is 4.57 Å². The highest BCUT2D eigenvalue weighted by molar-refractivity contribution is 7.99. The van der Waals surface area contributed by atoms with Crippen LogP contribution in [0.3, 0.4) is 0 Å². The Morgan fingerprint density at radius 2 is 1.71 bits per heavy atom. The quantitative estimate of drug-likeness (QED) is 0.210. The van der Waals surface area contributed by atoms with Crippen molar-refractivity contribution in [1.29, 1.82) is 0 Å². The Balaban J connectivity index is 1.56. The molecule has 158 valence electrons. The lowest BCUT2D eigenvalue weighted by molar-refractivity contribution is 0.412. The molecule has 4 aromatic rings. The highest BCUT2D eigenvalue weighted by Gasteiger charge is 2.19. The van der Waals surface area contributed by atoms with Gasteiger partial charge < -0.3 is 4.74 Å². The first-order valence-corrected chi connectivity index (χ1v) is 11.6. The van der Waals surface area contributed by atoms with E-state index in [0.717, 1.165) is 53.0 Å². The Hall–Kier alpha value is -2.76. The number of unbranched alkanes of at least 4 members (excludes halogenated alkanes) is 1. The molecule has 4 rings (SSSR count). The molecule has 31 heavy (non-hydrogen) atoms. The summed E-state index contributed by atoms with van der Waals surface area (Å²) in [7, 11) is 1.68. The lowest BCUT2D eigenvalue weighted by atomic mass is 10.1. The number of ether oxygens (including phenoxy) is 1. The summed E-state index contributed by atoms with van der Waals surface area (Å²) in [5, 5.41) is 10.5. The first kappa shape index (κ1) is 21.5. The van der Waals surface area contributed by atoms with E-state index in [2.05, 4.69) is 45.1 Å². The second-order valence-electron chi connectivity index (χ2n) is 7.11. The summed E-state index contributed by atoms with van der Waals surface area (Å²) in [6.07, 6.45) is 3.33. The molecule has 1 heterocycles. The van der Waals surface area contributed by atoms with Crippen LogP contribution >= 0.6 is 23.4 Å². The number of halogens is 1. The van der Waals surface area contributed by atoms with Crippen LogP contribution in [0.15, 0.2) is 84.0 Å². The van der Waals surface area contributed by atoms with E-state index in [1.807, 2.05) is 48.5 Å². The van der Waals surface area contributed by atoms with Crippen LogP contribution in [0.2, 0.25) is 5.02 Å². The number of nitrogens with zero attached hydrogens (tertiary/aromatic N) is 3. The predicted octanol–water partition coefficient (Wildman–Crippen LogP) is 6.71. The van der Waals surface area contributed by atoms with Crippen molar-refractivity contribution in [3.05, 3.63) is 89.4 Å². The molecule has 3 aromatic carbocycles. The van der Waals surface area contributed by atoms with E-state index in [4.69, 9.17) is 16.3 Å². The SMILES string of the molecule is COc1ccccc1-n1c(SCCCCc2ccccc2)nnc1-c1cccc(Cl)c1. The van der Waals surface area contributed by atoms with Crippen LogP contribution < -0.4 is 4.74 Å². The summed E-state index contributed by atoms with van der Waals surface area (Å²) in [4.78, 5) is 0. The van der Waals surface area contributed by atoms with Crippen molar-refractivity contribution in [1.82, 2.24) is 14.8 Å². The fraction of sp³-hybridized carbons (Fsp3) is 0.200. The van der Waals surface area contributed by atoms with Crippen LogP contribution in [0.5, 0.6) is 5.75 Å². The Bertz CT molecular complexity index is 1130. The number of rotatable bonds is 9. The van der Waals surface area contributed by atoms with Gasteiger partial charge in [0, 0.05) is 16.3 Å². The molecule has 4 nitrogen and oxygen atoms in total. The second-order valence-corrected chi connectivity index (χ2v) is 8.61. The standard InChI is InChI=1S/C25H24ClN3OS/c1-30-23-16-6-5-15-22(23)29-24(20-13-9-14-21(26)18-20)27-28-25(29)31-17-8-7-12-19-10-3-2-4-11-19/h2-6,9-11,13-16,18H,7-8,12,17H2,1H3. The number of hydrogen-bond acceptors (Lipinski definition) is 4. The molecule has 0 aliphatic carbocycles. The highest BCUT2D eigenvalue weighted by atomic mass is 35.5. The molecule has 6 heteroatoms. The van der Waals surface area contributed by atoms with Crippen molar-refractivity contribution in [3.63, 3.8) is 0 Å². The van der Waals surface area contributed by atoms with Gasteiger partial charge in [-0.1, -0.05) is 78.0 Å². The Labute approximate surface area is 192 Å². The lowest BCUT2D eigenvalue weighted by Crippen LogP contribution is -2.02. The topological polar surface area (TPSA) is 39.9 Å². The van der Waals surface area contributed by atoms with E-state index in [9.17, 15) is 0 Å². The van der Waals surface area contributed by atoms with Gasteiger partial charge in [-0.25, -0.2) is 0 Å². The second kappa shape index (κ2) is 10.5. The van der Waals surface area contributed by atoms with E-state index in [0.29, 0.717) is 5.02 Å². The lowest BCUT2D eigenvalue weighted by Gasteiger charge is -2.14. The molecular weight excluding hydrogens is 426 g/mol. The molecule has 0 radical (unpaired) electrons. The fourth-order valence-electron chi connectivity index (χ4n) is 3.45. The van der Waals surface area contributed by atoms with Crippen LogP contribution in [-0.2, 0) is 6.42 Å². The minimum absolute atomic E-state index is 0.669. The third-order valence-electron chi connectivity index (χ3n) is 4.98. The molecule has 0 N–H and O–H groups in total. The molecule has 0 bridgehead atoms. The summed E-state index contributed by atoms with van der Waals surface area (Å²) in [6.45, 7) is 0. The summed E-state index contributed by atoms with van der Waals surface area (Å²) < 4.78 is 7.68. The molecule has 0 aliphatic heterocycles. The van der Waals surface area contributed by atoms with Gasteiger partial charge in [0.15, 0.2) is 11.0 Å². The number of aromatic nitrogens is 3. The van der Waals surface area contributed by atoms with E-state index < -0.39 is 0 Å². The zero-order valence-electron chi connectivity index (χ0n) is 17.4. The zero-order chi connectivity index (χ0) is 21.5. The molecule has 1 aromatic heterocycles. The number of methoxy groups -OCH3 is 1. The van der Waals surface area contributed by atoms with Crippen LogP contribution in [0.1, 0.15) is 18.4 Å². The Kier molecular flexibility index (Phi) is 7.28. The van der Waals surface area contributed by atoms with E-state index in [1.165, 1.54) is 5.56 Å². The van der Waals surface area contributed by atoms with Crippen molar-refractivity contribution in [3.8, 4) is 22.8 Å². The normalized spacial score (nSPS) is 10.9. The van der Waals surface area contributed by atoms with Gasteiger partial charge in [0.25, 0.3) is 0 Å². The van der Waals surface area contributed by atoms with Crippen molar-refractivity contribution in [2.24, 2.45) is 0 Å². The fourth-order valence-corrected chi connectivity index (χ4v) is 4.58. The molecule has 0 spiro atoms. The molecular formula is C25H24ClN3OS. The average Bonchev–Trinajstić information content (AvgIpc) is 3.23. The van der Waals surface area contributed by atoms with E-state index >= 15 is 0 Å². The van der Waals surface area contributed by atoms with Crippen LogP contribution in [0.4, 0.5) is 0 Å². The maximum atomic E-state index is 6.24. The minimum Gasteiger partial charge on any atom is -0.495 e. The van der Waals surface area contributed by atoms with Crippen molar-refractivity contribution < 1.29 is 4.74 Å². The smallest absolute Gasteiger partial charge is 0.196 e. The minimum atomic E-state index is 0.669.